The van der Waals surface area contributed by atoms with E-state index in [-0.39, 0.29) is 216 Å². The van der Waals surface area contributed by atoms with Crippen LogP contribution in [0.3, 0.4) is 0 Å². The molecule has 13 amide bonds. The van der Waals surface area contributed by atoms with Crippen LogP contribution in [0.4, 0.5) is 38.0 Å². The molecule has 10 aliphatic heterocycles. The molecule has 2 unspecified atom stereocenters. The van der Waals surface area contributed by atoms with Crippen LogP contribution in [-0.4, -0.2) is 275 Å². The van der Waals surface area contributed by atoms with Crippen LogP contribution in [0.15, 0.2) is 146 Å². The third kappa shape index (κ3) is 25.5. The molecule has 0 saturated carbocycles. The van der Waals surface area contributed by atoms with Gasteiger partial charge in [0, 0.05) is 126 Å². The van der Waals surface area contributed by atoms with Crippen molar-refractivity contribution in [1.82, 2.24) is 45.8 Å². The molecule has 134 heavy (non-hydrogen) atoms. The zero-order chi connectivity index (χ0) is 94.7. The van der Waals surface area contributed by atoms with Crippen molar-refractivity contribution < 1.29 is 115 Å². The van der Waals surface area contributed by atoms with Gasteiger partial charge in [0.2, 0.25) is 41.4 Å². The molecular formula is C96H114N14O24. The SMILES string of the molecule is COc1ccc(C2=CC(C)N(C(=O)c3cc(OC)c4cc3N(O)C(=O)OCc3ccc(cc3)NC(=O)CNCCOCCNC(=O)CCC(=O)NCCOCCNCC(=O)Nc3ccc(cc3)COC(=O)N3c5cc(c(OC)cc5C(=O)N5CC(c6ccc(NC(=O)[C@@H]7CCCN7C(=O)[C@@H]7CCCN7C(=O)CCCCCN7C(=O)C=CC7=O)cc6)=C[C@H]5C3O)OCCCCCO4)C2)cc1. The van der Waals surface area contributed by atoms with Crippen molar-refractivity contribution in [3.63, 3.8) is 0 Å². The summed E-state index contributed by atoms with van der Waals surface area (Å²) < 4.78 is 52.6. The average Bonchev–Trinajstić information content (AvgIpc) is 1.59. The number of carbonyl (C=O) groups excluding carboxylic acids is 13. The maximum atomic E-state index is 15.2. The van der Waals surface area contributed by atoms with E-state index in [1.165, 1.54) is 60.4 Å². The predicted molar refractivity (Wildman–Crippen MR) is 490 cm³/mol. The van der Waals surface area contributed by atoms with Gasteiger partial charge < -0.3 is 105 Å². The van der Waals surface area contributed by atoms with E-state index in [0.717, 1.165) is 16.0 Å². The molecule has 10 heterocycles. The fraction of sp³-hybridized carbons (Fsp3) is 0.427. The lowest BCUT2D eigenvalue weighted by Crippen LogP contribution is -2.51. The summed E-state index contributed by atoms with van der Waals surface area (Å²) in [4.78, 5) is 184. The highest BCUT2D eigenvalue weighted by Crippen LogP contribution is 2.44. The van der Waals surface area contributed by atoms with Crippen LogP contribution in [0.2, 0.25) is 0 Å². The molecule has 2 fully saturated rings. The Hall–Kier alpha value is -13.8. The first-order valence-electron chi connectivity index (χ1n) is 45.0. The molecule has 8 bridgehead atoms. The summed E-state index contributed by atoms with van der Waals surface area (Å²) in [5.41, 5.74) is 4.67. The lowest BCUT2D eigenvalue weighted by Gasteiger charge is -2.31. The Morgan fingerprint density at radius 2 is 1.07 bits per heavy atom. The second kappa shape index (κ2) is 47.5. The van der Waals surface area contributed by atoms with Gasteiger partial charge in [0.25, 0.3) is 23.6 Å². The van der Waals surface area contributed by atoms with Gasteiger partial charge in [-0.25, -0.2) is 14.5 Å². The lowest BCUT2D eigenvalue weighted by molar-refractivity contribution is -0.146. The number of nitrogens with one attached hydrogen (secondary N) is 7. The Kier molecular flexibility index (Phi) is 34.7. The molecule has 0 radical (unpaired) electrons. The van der Waals surface area contributed by atoms with Crippen LogP contribution in [0.1, 0.15) is 133 Å². The Balaban J connectivity index is 0.685. The molecule has 5 atom stereocenters. The number of benzene rings is 6. The third-order valence-electron chi connectivity index (χ3n) is 23.8. The maximum absolute atomic E-state index is 15.2. The minimum atomic E-state index is -1.78. The summed E-state index contributed by atoms with van der Waals surface area (Å²) in [6, 6.07) is 29.6. The number of likely N-dealkylation sites (tertiary alicyclic amines) is 2. The molecule has 0 aliphatic carbocycles. The monoisotopic (exact) mass is 1850 g/mol. The Morgan fingerprint density at radius 3 is 1.66 bits per heavy atom. The molecular weight excluding hydrogens is 1730 g/mol. The largest absolute Gasteiger partial charge is 0.497 e. The van der Waals surface area contributed by atoms with Crippen molar-refractivity contribution in [1.29, 1.82) is 0 Å². The number of amides is 13. The summed E-state index contributed by atoms with van der Waals surface area (Å²) >= 11 is 0. The topological polar surface area (TPSA) is 452 Å². The number of rotatable bonds is 15. The molecule has 2 saturated heterocycles. The van der Waals surface area contributed by atoms with Crippen molar-refractivity contribution in [3.05, 3.63) is 179 Å². The number of fused-ring (bicyclic) bond motifs is 1. The quantitative estimate of drug-likeness (QED) is 0.0270. The molecule has 38 heteroatoms. The van der Waals surface area contributed by atoms with Gasteiger partial charge in [0.15, 0.2) is 29.2 Å². The molecule has 6 aromatic rings. The van der Waals surface area contributed by atoms with Crippen molar-refractivity contribution in [2.45, 2.75) is 134 Å². The molecule has 9 N–H and O–H groups in total. The number of hydrogen-bond donors (Lipinski definition) is 9. The van der Waals surface area contributed by atoms with E-state index in [4.69, 9.17) is 42.6 Å². The van der Waals surface area contributed by atoms with Gasteiger partial charge in [-0.1, -0.05) is 67.1 Å². The minimum absolute atomic E-state index is 0.0463. The summed E-state index contributed by atoms with van der Waals surface area (Å²) in [5, 5.41) is 44.8. The lowest BCUT2D eigenvalue weighted by atomic mass is 10.0. The number of hydroxylamine groups is 1. The Bertz CT molecular complexity index is 5330. The van der Waals surface area contributed by atoms with E-state index in [0.29, 0.717) is 135 Å². The molecule has 0 aromatic heterocycles. The molecule has 0 spiro atoms. The summed E-state index contributed by atoms with van der Waals surface area (Å²) in [7, 11) is 4.33. The van der Waals surface area contributed by atoms with E-state index in [1.807, 2.05) is 37.3 Å². The van der Waals surface area contributed by atoms with Gasteiger partial charge in [-0.3, -0.25) is 62.8 Å². The zero-order valence-electron chi connectivity index (χ0n) is 75.4. The molecule has 16 rings (SSSR count). The van der Waals surface area contributed by atoms with Crippen molar-refractivity contribution in [3.8, 4) is 28.7 Å². The smallest absolute Gasteiger partial charge is 0.438 e. The number of aliphatic hydroxyl groups is 1. The first kappa shape index (κ1) is 97.7. The number of anilines is 5. The summed E-state index contributed by atoms with van der Waals surface area (Å²) in [5.74, 6) is -3.08. The van der Waals surface area contributed by atoms with Crippen LogP contribution in [0.5, 0.6) is 28.7 Å². The van der Waals surface area contributed by atoms with Crippen LogP contribution < -0.4 is 70.9 Å². The van der Waals surface area contributed by atoms with Gasteiger partial charge in [0.1, 0.15) is 31.0 Å². The van der Waals surface area contributed by atoms with Crippen molar-refractivity contribution >= 4 is 117 Å². The fourth-order valence-electron chi connectivity index (χ4n) is 16.7. The Morgan fingerprint density at radius 1 is 0.530 bits per heavy atom. The number of aliphatic hydroxyl groups excluding tert-OH is 1. The van der Waals surface area contributed by atoms with E-state index in [9.17, 15) is 67.8 Å². The van der Waals surface area contributed by atoms with Crippen LogP contribution in [0.25, 0.3) is 11.1 Å². The van der Waals surface area contributed by atoms with Crippen molar-refractivity contribution in [2.75, 3.05) is 159 Å². The highest BCUT2D eigenvalue weighted by atomic mass is 16.6. The number of hydrogen-bond acceptors (Lipinski definition) is 26. The third-order valence-corrected chi connectivity index (χ3v) is 23.8. The van der Waals surface area contributed by atoms with Crippen LogP contribution in [-0.2, 0) is 75.3 Å². The van der Waals surface area contributed by atoms with Gasteiger partial charge in [-0.05, 0) is 159 Å². The first-order chi connectivity index (χ1) is 64.9. The van der Waals surface area contributed by atoms with Crippen molar-refractivity contribution in [2.24, 2.45) is 0 Å². The first-order valence-corrected chi connectivity index (χ1v) is 45.0. The van der Waals surface area contributed by atoms with Crippen LogP contribution >= 0.6 is 0 Å². The average molecular weight is 1850 g/mol. The van der Waals surface area contributed by atoms with E-state index < -0.39 is 60.3 Å². The standard InChI is InChI=1S/C96H114N14O24/c1-61-49-66(65-22-30-71(126-2)31-23-65)57-107(61)91(119)73-52-80(128-4)82-54-77(73)110(125)96(124)134-60-63-18-26-69(27-19-63)102-86(114)56-98-37-46-130-48-39-100-84(112)33-32-83(111)99-38-47-129-45-36-97-55-85(113)101-68-24-16-62(17-25-68)59-133-95(123)109-76-53-81(131-43-9-6-10-44-132-82)79(127-3)51-72(76)92(120)108-58-67(50-78(108)94(109)122)64-20-28-70(29-21-64)103-90(118)74-13-11-42-105(74)93(121)75-14-12-41-104(75)87(115)15-7-5-8-40-106-88(116)34-35-89(106)117/h16-31,34-35,49-54,61,74-75,78,94,97-98,122,125H,5-15,32-33,36-48,55-60H2,1-4H3,(H,99,111)(H,100,112)(H,101,113)(H,102,114)(H,103,118)/t61?,74-,75-,78-,94?/m0/s1. The summed E-state index contributed by atoms with van der Waals surface area (Å²) in [6.07, 6.45) is 7.12. The zero-order valence-corrected chi connectivity index (χ0v) is 75.4. The van der Waals surface area contributed by atoms with E-state index in [2.05, 4.69) is 37.2 Å². The Labute approximate surface area is 774 Å². The van der Waals surface area contributed by atoms with Gasteiger partial charge in [-0.15, -0.1) is 0 Å². The number of nitrogens with zero attached hydrogens (tertiary/aromatic N) is 7. The number of carbonyl (C=O) groups is 13. The van der Waals surface area contributed by atoms with E-state index in [1.54, 1.807) is 101 Å². The van der Waals surface area contributed by atoms with E-state index >= 15 is 4.79 Å². The molecule has 6 aromatic carbocycles. The normalized spacial score (nSPS) is 20.7. The summed E-state index contributed by atoms with van der Waals surface area (Å²) in [6.45, 7) is 4.15. The van der Waals surface area contributed by atoms with Gasteiger partial charge >= 0.3 is 12.2 Å². The fourth-order valence-corrected chi connectivity index (χ4v) is 16.7. The number of unbranched alkanes of at least 4 members (excludes halogenated alkanes) is 2. The molecule has 10 aliphatic rings. The number of ether oxygens (including phenoxy) is 9. The number of imide groups is 1. The highest BCUT2D eigenvalue weighted by Gasteiger charge is 2.47. The highest BCUT2D eigenvalue weighted by molar-refractivity contribution is 6.13. The second-order valence-corrected chi connectivity index (χ2v) is 33.0. The van der Waals surface area contributed by atoms with Gasteiger partial charge in [-0.2, -0.15) is 5.06 Å². The number of methoxy groups -OCH3 is 3. The minimum Gasteiger partial charge on any atom is -0.497 e. The molecule has 712 valence electrons. The molecule has 38 nitrogen and oxygen atoms in total. The second-order valence-electron chi connectivity index (χ2n) is 33.0. The van der Waals surface area contributed by atoms with Crippen LogP contribution in [0, 0.1) is 0 Å². The van der Waals surface area contributed by atoms with Gasteiger partial charge in [0.05, 0.1) is 103 Å². The maximum Gasteiger partial charge on any atom is 0.438 e. The predicted octanol–water partition coefficient (Wildman–Crippen LogP) is 7.71.